The molecule has 2 rings (SSSR count). The lowest BCUT2D eigenvalue weighted by molar-refractivity contribution is 1.50. The third-order valence-electron chi connectivity index (χ3n) is 1.84. The van der Waals surface area contributed by atoms with Crippen LogP contribution in [0.15, 0.2) is 73.8 Å². The minimum absolute atomic E-state index is 1.12. The standard InChI is InChI=1S/C12H11N.C2H6.C2H4/c1-3-7-11(8-4-1)13-12-9-5-2-6-10-12;2*1-2/h1-10,13H;1-2H3;1-2H2. The van der Waals surface area contributed by atoms with Gasteiger partial charge in [0.2, 0.25) is 0 Å². The highest BCUT2D eigenvalue weighted by molar-refractivity contribution is 5.58. The van der Waals surface area contributed by atoms with E-state index in [1.165, 1.54) is 0 Å². The summed E-state index contributed by atoms with van der Waals surface area (Å²) in [5, 5.41) is 3.30. The summed E-state index contributed by atoms with van der Waals surface area (Å²) >= 11 is 0. The Morgan fingerprint density at radius 1 is 0.647 bits per heavy atom. The lowest BCUT2D eigenvalue weighted by atomic mass is 10.3. The molecule has 0 spiro atoms. The van der Waals surface area contributed by atoms with Crippen molar-refractivity contribution in [1.82, 2.24) is 0 Å². The van der Waals surface area contributed by atoms with Gasteiger partial charge in [-0.25, -0.2) is 0 Å². The maximum Gasteiger partial charge on any atom is 0.0384 e. The van der Waals surface area contributed by atoms with Gasteiger partial charge in [0.15, 0.2) is 0 Å². The van der Waals surface area contributed by atoms with Gasteiger partial charge in [0.05, 0.1) is 0 Å². The fourth-order valence-electron chi connectivity index (χ4n) is 1.21. The van der Waals surface area contributed by atoms with E-state index < -0.39 is 0 Å². The Hall–Kier alpha value is -2.02. The van der Waals surface area contributed by atoms with Gasteiger partial charge >= 0.3 is 0 Å². The van der Waals surface area contributed by atoms with Crippen LogP contribution in [0.25, 0.3) is 0 Å². The molecule has 0 bridgehead atoms. The molecule has 0 aliphatic heterocycles. The van der Waals surface area contributed by atoms with E-state index >= 15 is 0 Å². The van der Waals surface area contributed by atoms with Crippen LogP contribution in [0.2, 0.25) is 0 Å². The lowest BCUT2D eigenvalue weighted by Gasteiger charge is -2.04. The second-order valence-electron chi connectivity index (χ2n) is 2.86. The van der Waals surface area contributed by atoms with Crippen molar-refractivity contribution in [2.75, 3.05) is 5.32 Å². The number of hydrogen-bond donors (Lipinski definition) is 1. The predicted molar refractivity (Wildman–Crippen MR) is 78.8 cm³/mol. The van der Waals surface area contributed by atoms with Gasteiger partial charge in [0, 0.05) is 11.4 Å². The molecule has 2 aromatic rings. The van der Waals surface area contributed by atoms with E-state index in [9.17, 15) is 0 Å². The van der Waals surface area contributed by atoms with E-state index in [4.69, 9.17) is 0 Å². The van der Waals surface area contributed by atoms with Crippen LogP contribution in [-0.4, -0.2) is 0 Å². The molecule has 0 amide bonds. The highest BCUT2D eigenvalue weighted by Gasteiger charge is 1.89. The van der Waals surface area contributed by atoms with Crippen LogP contribution in [0.5, 0.6) is 0 Å². The molecule has 0 radical (unpaired) electrons. The summed E-state index contributed by atoms with van der Waals surface area (Å²) in [6, 6.07) is 20.3. The van der Waals surface area contributed by atoms with Crippen LogP contribution in [0.3, 0.4) is 0 Å². The zero-order valence-corrected chi connectivity index (χ0v) is 10.7. The van der Waals surface area contributed by atoms with Gasteiger partial charge in [-0.15, -0.1) is 13.2 Å². The number of anilines is 2. The molecule has 0 atom stereocenters. The summed E-state index contributed by atoms with van der Waals surface area (Å²) in [4.78, 5) is 0. The number of nitrogens with one attached hydrogen (secondary N) is 1. The maximum absolute atomic E-state index is 3.30. The van der Waals surface area contributed by atoms with Gasteiger partial charge in [-0.1, -0.05) is 50.2 Å². The van der Waals surface area contributed by atoms with Crippen molar-refractivity contribution in [3.63, 3.8) is 0 Å². The molecule has 0 saturated heterocycles. The van der Waals surface area contributed by atoms with Crippen molar-refractivity contribution < 1.29 is 0 Å². The first-order chi connectivity index (χ1) is 8.45. The van der Waals surface area contributed by atoms with E-state index in [0.717, 1.165) is 11.4 Å². The Balaban J connectivity index is 0.000000581. The first-order valence-electron chi connectivity index (χ1n) is 5.82. The first-order valence-corrected chi connectivity index (χ1v) is 5.82. The van der Waals surface area contributed by atoms with Gasteiger partial charge in [-0.3, -0.25) is 0 Å². The number of para-hydroxylation sites is 2. The Labute approximate surface area is 105 Å². The molecule has 0 heterocycles. The van der Waals surface area contributed by atoms with Crippen molar-refractivity contribution in [2.24, 2.45) is 0 Å². The molecular weight excluding hydrogens is 206 g/mol. The molecule has 2 aromatic carbocycles. The quantitative estimate of drug-likeness (QED) is 0.690. The number of benzene rings is 2. The normalized spacial score (nSPS) is 7.88. The molecule has 90 valence electrons. The minimum atomic E-state index is 1.12. The number of hydrogen-bond acceptors (Lipinski definition) is 1. The summed E-state index contributed by atoms with van der Waals surface area (Å²) in [6.45, 7) is 10.0. The molecular formula is C16H21N. The minimum Gasteiger partial charge on any atom is -0.356 e. The van der Waals surface area contributed by atoms with Gasteiger partial charge in [-0.2, -0.15) is 0 Å². The van der Waals surface area contributed by atoms with Crippen LogP contribution in [0.4, 0.5) is 11.4 Å². The monoisotopic (exact) mass is 227 g/mol. The Morgan fingerprint density at radius 3 is 1.24 bits per heavy atom. The Kier molecular flexibility index (Phi) is 9.25. The maximum atomic E-state index is 3.30. The zero-order valence-electron chi connectivity index (χ0n) is 10.7. The second kappa shape index (κ2) is 10.5. The average molecular weight is 227 g/mol. The van der Waals surface area contributed by atoms with Crippen molar-refractivity contribution >= 4 is 11.4 Å². The van der Waals surface area contributed by atoms with Crippen molar-refractivity contribution in [1.29, 1.82) is 0 Å². The van der Waals surface area contributed by atoms with Gasteiger partial charge < -0.3 is 5.32 Å². The molecule has 0 aliphatic rings. The molecule has 0 aliphatic carbocycles. The second-order valence-corrected chi connectivity index (χ2v) is 2.86. The summed E-state index contributed by atoms with van der Waals surface area (Å²) in [5.41, 5.74) is 2.24. The molecule has 17 heavy (non-hydrogen) atoms. The molecule has 0 unspecified atom stereocenters. The summed E-state index contributed by atoms with van der Waals surface area (Å²) in [6.07, 6.45) is 0. The third-order valence-corrected chi connectivity index (χ3v) is 1.84. The lowest BCUT2D eigenvalue weighted by Crippen LogP contribution is -1.87. The van der Waals surface area contributed by atoms with Crippen LogP contribution in [-0.2, 0) is 0 Å². The molecule has 1 N–H and O–H groups in total. The summed E-state index contributed by atoms with van der Waals surface area (Å²) < 4.78 is 0. The topological polar surface area (TPSA) is 12.0 Å². The summed E-state index contributed by atoms with van der Waals surface area (Å²) in [5.74, 6) is 0. The van der Waals surface area contributed by atoms with E-state index in [2.05, 4.69) is 18.5 Å². The molecule has 1 nitrogen and oxygen atoms in total. The highest BCUT2D eigenvalue weighted by Crippen LogP contribution is 2.14. The third kappa shape index (κ3) is 6.21. The molecule has 0 fully saturated rings. The van der Waals surface area contributed by atoms with E-state index in [0.29, 0.717) is 0 Å². The Bertz CT molecular complexity index is 330. The Morgan fingerprint density at radius 2 is 0.941 bits per heavy atom. The largest absolute Gasteiger partial charge is 0.356 e. The summed E-state index contributed by atoms with van der Waals surface area (Å²) in [7, 11) is 0. The van der Waals surface area contributed by atoms with Crippen molar-refractivity contribution in [2.45, 2.75) is 13.8 Å². The van der Waals surface area contributed by atoms with E-state index in [-0.39, 0.29) is 0 Å². The fourth-order valence-corrected chi connectivity index (χ4v) is 1.21. The molecule has 0 saturated carbocycles. The smallest absolute Gasteiger partial charge is 0.0384 e. The van der Waals surface area contributed by atoms with E-state index in [1.807, 2.05) is 74.5 Å². The number of rotatable bonds is 2. The zero-order chi connectivity index (χ0) is 12.9. The molecule has 1 heteroatoms. The fraction of sp³-hybridized carbons (Fsp3) is 0.125. The SMILES string of the molecule is C=C.CC.c1ccc(Nc2ccccc2)cc1. The average Bonchev–Trinajstić information content (AvgIpc) is 2.45. The van der Waals surface area contributed by atoms with E-state index in [1.54, 1.807) is 0 Å². The van der Waals surface area contributed by atoms with Crippen LogP contribution in [0, 0.1) is 0 Å². The predicted octanol–water partition coefficient (Wildman–Crippen LogP) is 5.26. The van der Waals surface area contributed by atoms with Crippen LogP contribution in [0.1, 0.15) is 13.8 Å². The van der Waals surface area contributed by atoms with Gasteiger partial charge in [0.1, 0.15) is 0 Å². The van der Waals surface area contributed by atoms with Crippen molar-refractivity contribution in [3.8, 4) is 0 Å². The van der Waals surface area contributed by atoms with Crippen LogP contribution >= 0.6 is 0 Å². The highest BCUT2D eigenvalue weighted by atomic mass is 14.9. The van der Waals surface area contributed by atoms with Gasteiger partial charge in [0.25, 0.3) is 0 Å². The van der Waals surface area contributed by atoms with Crippen molar-refractivity contribution in [3.05, 3.63) is 73.8 Å². The molecule has 0 aromatic heterocycles. The first kappa shape index (κ1) is 15.0. The van der Waals surface area contributed by atoms with Gasteiger partial charge in [-0.05, 0) is 24.3 Å². The van der Waals surface area contributed by atoms with Crippen LogP contribution < -0.4 is 5.32 Å².